The number of hydrogen-bond acceptors (Lipinski definition) is 3. The van der Waals surface area contributed by atoms with Crippen molar-refractivity contribution in [1.29, 1.82) is 0 Å². The number of hydrogen-bond donors (Lipinski definition) is 1. The summed E-state index contributed by atoms with van der Waals surface area (Å²) in [6, 6.07) is 14.0. The van der Waals surface area contributed by atoms with Gasteiger partial charge in [0.25, 0.3) is 5.91 Å². The molecule has 1 aliphatic rings. The fourth-order valence-electron chi connectivity index (χ4n) is 4.08. The van der Waals surface area contributed by atoms with E-state index in [4.69, 9.17) is 9.15 Å². The van der Waals surface area contributed by atoms with Crippen molar-refractivity contribution in [1.82, 2.24) is 5.32 Å². The van der Waals surface area contributed by atoms with E-state index in [9.17, 15) is 9.18 Å². The van der Waals surface area contributed by atoms with Crippen molar-refractivity contribution in [3.05, 3.63) is 71.2 Å². The number of para-hydroxylation sites is 1. The molecule has 1 fully saturated rings. The summed E-state index contributed by atoms with van der Waals surface area (Å²) in [6.45, 7) is 0.295. The molecule has 1 aromatic heterocycles. The maximum atomic E-state index is 13.4. The summed E-state index contributed by atoms with van der Waals surface area (Å²) < 4.78 is 24.5. The van der Waals surface area contributed by atoms with Crippen molar-refractivity contribution in [2.45, 2.75) is 37.8 Å². The second-order valence-electron chi connectivity index (χ2n) is 7.09. The summed E-state index contributed by atoms with van der Waals surface area (Å²) >= 11 is 0. The van der Waals surface area contributed by atoms with Gasteiger partial charge < -0.3 is 14.5 Å². The van der Waals surface area contributed by atoms with Crippen LogP contribution in [0.4, 0.5) is 4.39 Å². The number of ether oxygens (including phenoxy) is 1. The van der Waals surface area contributed by atoms with Crippen LogP contribution in [0, 0.1) is 5.82 Å². The molecule has 0 atom stereocenters. The Balaban J connectivity index is 1.71. The molecule has 1 N–H and O–H groups in total. The van der Waals surface area contributed by atoms with Crippen LogP contribution in [0.2, 0.25) is 0 Å². The van der Waals surface area contributed by atoms with Crippen molar-refractivity contribution < 1.29 is 18.3 Å². The zero-order valence-electron chi connectivity index (χ0n) is 15.3. The Hall–Kier alpha value is -2.66. The number of fused-ring (bicyclic) bond motifs is 1. The molecule has 2 aromatic carbocycles. The van der Waals surface area contributed by atoms with Crippen LogP contribution >= 0.6 is 0 Å². The van der Waals surface area contributed by atoms with Crippen molar-refractivity contribution >= 4 is 16.9 Å². The smallest absolute Gasteiger partial charge is 0.288 e. The predicted octanol–water partition coefficient (Wildman–Crippen LogP) is 4.92. The maximum absolute atomic E-state index is 13.4. The molecule has 1 saturated carbocycles. The van der Waals surface area contributed by atoms with E-state index in [-0.39, 0.29) is 17.5 Å². The fourth-order valence-corrected chi connectivity index (χ4v) is 4.08. The average Bonchev–Trinajstić information content (AvgIpc) is 3.29. The van der Waals surface area contributed by atoms with Crippen molar-refractivity contribution in [3.8, 4) is 0 Å². The number of benzene rings is 2. The van der Waals surface area contributed by atoms with Crippen LogP contribution < -0.4 is 5.32 Å². The van der Waals surface area contributed by atoms with Gasteiger partial charge in [-0.1, -0.05) is 43.2 Å². The second-order valence-corrected chi connectivity index (χ2v) is 7.09. The van der Waals surface area contributed by atoms with Crippen LogP contribution in [0.25, 0.3) is 11.0 Å². The largest absolute Gasteiger partial charge is 0.451 e. The Kier molecular flexibility index (Phi) is 4.70. The molecule has 0 radical (unpaired) electrons. The first-order valence-electron chi connectivity index (χ1n) is 9.21. The van der Waals surface area contributed by atoms with E-state index >= 15 is 0 Å². The molecule has 0 bridgehead atoms. The number of halogens is 1. The minimum atomic E-state index is -0.492. The van der Waals surface area contributed by atoms with Crippen molar-refractivity contribution in [3.63, 3.8) is 0 Å². The molecule has 0 unspecified atom stereocenters. The molecule has 0 aliphatic heterocycles. The molecule has 27 heavy (non-hydrogen) atoms. The van der Waals surface area contributed by atoms with Crippen LogP contribution in [0.3, 0.4) is 0 Å². The number of nitrogens with one attached hydrogen (secondary N) is 1. The van der Waals surface area contributed by atoms with Crippen LogP contribution in [-0.2, 0) is 16.9 Å². The van der Waals surface area contributed by atoms with E-state index in [1.807, 2.05) is 24.3 Å². The molecule has 1 heterocycles. The van der Waals surface area contributed by atoms with Gasteiger partial charge in [0, 0.05) is 18.1 Å². The highest BCUT2D eigenvalue weighted by molar-refractivity contribution is 5.99. The summed E-state index contributed by atoms with van der Waals surface area (Å²) in [5, 5.41) is 4.07. The molecule has 0 spiro atoms. The number of carbonyl (C=O) groups excluding carboxylic acids is 1. The van der Waals surface area contributed by atoms with Crippen LogP contribution in [0.5, 0.6) is 0 Å². The molecule has 4 rings (SSSR count). The third kappa shape index (κ3) is 3.23. The normalized spacial score (nSPS) is 15.9. The molecule has 3 aromatic rings. The number of rotatable bonds is 5. The predicted molar refractivity (Wildman–Crippen MR) is 101 cm³/mol. The van der Waals surface area contributed by atoms with Gasteiger partial charge in [0.2, 0.25) is 0 Å². The van der Waals surface area contributed by atoms with E-state index < -0.39 is 5.54 Å². The first-order valence-corrected chi connectivity index (χ1v) is 9.21. The van der Waals surface area contributed by atoms with Crippen LogP contribution in [0.15, 0.2) is 52.9 Å². The number of furan rings is 1. The zero-order chi connectivity index (χ0) is 18.9. The second kappa shape index (κ2) is 7.16. The Morgan fingerprint density at radius 2 is 1.85 bits per heavy atom. The Morgan fingerprint density at radius 3 is 2.56 bits per heavy atom. The van der Waals surface area contributed by atoms with Gasteiger partial charge in [-0.05, 0) is 36.6 Å². The summed E-state index contributed by atoms with van der Waals surface area (Å²) in [4.78, 5) is 13.2. The third-order valence-electron chi connectivity index (χ3n) is 5.40. The fraction of sp³-hybridized carbons (Fsp3) is 0.318. The van der Waals surface area contributed by atoms with Gasteiger partial charge in [-0.25, -0.2) is 4.39 Å². The van der Waals surface area contributed by atoms with Crippen LogP contribution in [0.1, 0.15) is 47.4 Å². The summed E-state index contributed by atoms with van der Waals surface area (Å²) in [6.07, 6.45) is 3.68. The molecule has 1 aliphatic carbocycles. The lowest BCUT2D eigenvalue weighted by Crippen LogP contribution is -2.44. The molecule has 0 saturated heterocycles. The Morgan fingerprint density at radius 1 is 1.15 bits per heavy atom. The first kappa shape index (κ1) is 17.7. The topological polar surface area (TPSA) is 51.5 Å². The van der Waals surface area contributed by atoms with Gasteiger partial charge in [-0.3, -0.25) is 4.79 Å². The Bertz CT molecular complexity index is 955. The van der Waals surface area contributed by atoms with Gasteiger partial charge in [0.1, 0.15) is 11.4 Å². The molecule has 5 heteroatoms. The standard InChI is InChI=1S/C22H22FNO3/c1-26-14-18-17-6-2-3-7-19(17)27-20(18)21(25)24-22(12-4-5-13-22)15-8-10-16(23)11-9-15/h2-3,6-11H,4-5,12-14H2,1H3,(H,24,25). The molecule has 1 amide bonds. The van der Waals surface area contributed by atoms with Gasteiger partial charge in [-0.15, -0.1) is 0 Å². The highest BCUT2D eigenvalue weighted by atomic mass is 19.1. The zero-order valence-corrected chi connectivity index (χ0v) is 15.3. The number of amides is 1. The van der Waals surface area contributed by atoms with E-state index in [2.05, 4.69) is 5.32 Å². The highest BCUT2D eigenvalue weighted by Crippen LogP contribution is 2.39. The SMILES string of the molecule is COCc1c(C(=O)NC2(c3ccc(F)cc3)CCCC2)oc2ccccc12. The summed E-state index contributed by atoms with van der Waals surface area (Å²) in [5.41, 5.74) is 1.85. The van der Waals surface area contributed by atoms with Gasteiger partial charge in [0.15, 0.2) is 5.76 Å². The lowest BCUT2D eigenvalue weighted by atomic mass is 9.88. The third-order valence-corrected chi connectivity index (χ3v) is 5.40. The van der Waals surface area contributed by atoms with Gasteiger partial charge >= 0.3 is 0 Å². The highest BCUT2D eigenvalue weighted by Gasteiger charge is 2.38. The van der Waals surface area contributed by atoms with Crippen molar-refractivity contribution in [2.75, 3.05) is 7.11 Å². The Labute approximate surface area is 157 Å². The van der Waals surface area contributed by atoms with E-state index in [0.717, 1.165) is 42.2 Å². The number of methoxy groups -OCH3 is 1. The van der Waals surface area contributed by atoms with E-state index in [1.165, 1.54) is 12.1 Å². The van der Waals surface area contributed by atoms with E-state index in [1.54, 1.807) is 19.2 Å². The van der Waals surface area contributed by atoms with Gasteiger partial charge in [0.05, 0.1) is 12.1 Å². The molecule has 4 nitrogen and oxygen atoms in total. The summed E-state index contributed by atoms with van der Waals surface area (Å²) in [7, 11) is 1.60. The van der Waals surface area contributed by atoms with Gasteiger partial charge in [-0.2, -0.15) is 0 Å². The molecule has 140 valence electrons. The minimum Gasteiger partial charge on any atom is -0.451 e. The lowest BCUT2D eigenvalue weighted by molar-refractivity contribution is 0.0865. The maximum Gasteiger partial charge on any atom is 0.288 e. The first-order chi connectivity index (χ1) is 13.1. The van der Waals surface area contributed by atoms with Crippen LogP contribution in [-0.4, -0.2) is 13.0 Å². The quantitative estimate of drug-likeness (QED) is 0.696. The minimum absolute atomic E-state index is 0.260. The average molecular weight is 367 g/mol. The van der Waals surface area contributed by atoms with Crippen molar-refractivity contribution in [2.24, 2.45) is 0 Å². The molecular weight excluding hydrogens is 345 g/mol. The monoisotopic (exact) mass is 367 g/mol. The molecular formula is C22H22FNO3. The van der Waals surface area contributed by atoms with E-state index in [0.29, 0.717) is 12.2 Å². The lowest BCUT2D eigenvalue weighted by Gasteiger charge is -2.31. The number of carbonyl (C=O) groups is 1. The summed E-state index contributed by atoms with van der Waals surface area (Å²) in [5.74, 6) is -0.256.